The number of ether oxygens (including phenoxy) is 1. The molecule has 0 spiro atoms. The summed E-state index contributed by atoms with van der Waals surface area (Å²) in [5.74, 6) is 0.215. The zero-order valence-electron chi connectivity index (χ0n) is 20.6. The molecule has 1 fully saturated rings. The molecule has 1 unspecified atom stereocenters. The molecule has 5 aromatic rings. The van der Waals surface area contributed by atoms with Gasteiger partial charge in [0.05, 0.1) is 24.7 Å². The number of rotatable bonds is 7. The van der Waals surface area contributed by atoms with E-state index < -0.39 is 16.1 Å². The van der Waals surface area contributed by atoms with Crippen molar-refractivity contribution in [3.63, 3.8) is 0 Å². The number of nitrogens with zero attached hydrogens (tertiary/aromatic N) is 6. The third-order valence-electron chi connectivity index (χ3n) is 6.39. The molecule has 1 amide bonds. The van der Waals surface area contributed by atoms with Crippen LogP contribution in [0.5, 0.6) is 0 Å². The van der Waals surface area contributed by atoms with Gasteiger partial charge in [-0.2, -0.15) is 20.5 Å². The average molecular weight is 545 g/mol. The molecular weight excluding hydrogens is 520 g/mol. The summed E-state index contributed by atoms with van der Waals surface area (Å²) >= 11 is 0. The van der Waals surface area contributed by atoms with Crippen LogP contribution in [-0.4, -0.2) is 69.2 Å². The molecule has 2 N–H and O–H groups in total. The number of hydrogen-bond donors (Lipinski definition) is 2. The van der Waals surface area contributed by atoms with Crippen molar-refractivity contribution in [2.24, 2.45) is 0 Å². The summed E-state index contributed by atoms with van der Waals surface area (Å²) in [4.78, 5) is 19.8. The summed E-state index contributed by atoms with van der Waals surface area (Å²) in [6.45, 7) is 1.55. The van der Waals surface area contributed by atoms with Gasteiger partial charge in [0.15, 0.2) is 5.82 Å². The van der Waals surface area contributed by atoms with E-state index in [1.807, 2.05) is 30.3 Å². The standard InChI is InChI=1S/C26H24N8O4S/c35-26(34-11-12-38-16-24(34)25-27-17-33(30-25)15-18-5-2-1-3-6-18)19-7-4-8-20(13-19)31-39(36,37)21-9-10-22-23(14-21)29-32-28-22/h1-10,13-14,17,24,31H,11-12,15-16H2,(H,28,29,32). The van der Waals surface area contributed by atoms with Crippen LogP contribution in [0.2, 0.25) is 0 Å². The highest BCUT2D eigenvalue weighted by molar-refractivity contribution is 7.92. The fourth-order valence-corrected chi connectivity index (χ4v) is 5.52. The van der Waals surface area contributed by atoms with Crippen LogP contribution in [-0.2, 0) is 21.3 Å². The Morgan fingerprint density at radius 1 is 1.03 bits per heavy atom. The summed E-state index contributed by atoms with van der Waals surface area (Å²) in [5.41, 5.74) is 2.66. The van der Waals surface area contributed by atoms with E-state index in [1.165, 1.54) is 18.2 Å². The van der Waals surface area contributed by atoms with Crippen molar-refractivity contribution in [3.8, 4) is 0 Å². The van der Waals surface area contributed by atoms with E-state index >= 15 is 0 Å². The van der Waals surface area contributed by atoms with Crippen LogP contribution < -0.4 is 4.72 Å². The normalized spacial score (nSPS) is 15.9. The Morgan fingerprint density at radius 3 is 2.74 bits per heavy atom. The van der Waals surface area contributed by atoms with Crippen LogP contribution >= 0.6 is 0 Å². The predicted octanol–water partition coefficient (Wildman–Crippen LogP) is 2.61. The third kappa shape index (κ3) is 5.22. The van der Waals surface area contributed by atoms with Crippen molar-refractivity contribution in [1.82, 2.24) is 35.1 Å². The van der Waals surface area contributed by atoms with Gasteiger partial charge in [0, 0.05) is 17.8 Å². The number of nitrogens with one attached hydrogen (secondary N) is 2. The Morgan fingerprint density at radius 2 is 1.87 bits per heavy atom. The third-order valence-corrected chi connectivity index (χ3v) is 7.77. The maximum atomic E-state index is 13.6. The molecule has 13 heteroatoms. The smallest absolute Gasteiger partial charge is 0.261 e. The number of carbonyl (C=O) groups is 1. The number of sulfonamides is 1. The van der Waals surface area contributed by atoms with Gasteiger partial charge in [0.1, 0.15) is 23.4 Å². The lowest BCUT2D eigenvalue weighted by Gasteiger charge is -2.34. The van der Waals surface area contributed by atoms with Gasteiger partial charge in [-0.15, -0.1) is 0 Å². The van der Waals surface area contributed by atoms with Gasteiger partial charge in [0.25, 0.3) is 15.9 Å². The summed E-state index contributed by atoms with van der Waals surface area (Å²) in [5, 5.41) is 14.9. The second-order valence-corrected chi connectivity index (χ2v) is 10.7. The lowest BCUT2D eigenvalue weighted by atomic mass is 10.1. The minimum atomic E-state index is -3.93. The van der Waals surface area contributed by atoms with Crippen molar-refractivity contribution in [2.45, 2.75) is 17.5 Å². The quantitative estimate of drug-likeness (QED) is 0.318. The van der Waals surface area contributed by atoms with Gasteiger partial charge in [-0.05, 0) is 42.0 Å². The first kappa shape index (κ1) is 24.7. The van der Waals surface area contributed by atoms with Crippen LogP contribution in [0.15, 0.2) is 84.0 Å². The van der Waals surface area contributed by atoms with E-state index in [-0.39, 0.29) is 23.1 Å². The number of aromatic nitrogens is 6. The number of aromatic amines is 1. The Kier molecular flexibility index (Phi) is 6.50. The van der Waals surface area contributed by atoms with Gasteiger partial charge in [-0.25, -0.2) is 18.1 Å². The molecule has 1 aliphatic heterocycles. The van der Waals surface area contributed by atoms with Crippen LogP contribution in [0, 0.1) is 0 Å². The summed E-state index contributed by atoms with van der Waals surface area (Å²) in [6.07, 6.45) is 1.64. The van der Waals surface area contributed by atoms with Gasteiger partial charge in [-0.3, -0.25) is 9.52 Å². The largest absolute Gasteiger partial charge is 0.377 e. The maximum Gasteiger partial charge on any atom is 0.261 e. The van der Waals surface area contributed by atoms with Crippen molar-refractivity contribution >= 4 is 32.7 Å². The monoisotopic (exact) mass is 544 g/mol. The Bertz CT molecular complexity index is 1740. The molecule has 0 aliphatic carbocycles. The highest BCUT2D eigenvalue weighted by Gasteiger charge is 2.32. The number of anilines is 1. The van der Waals surface area contributed by atoms with Crippen molar-refractivity contribution in [3.05, 3.63) is 96.1 Å². The number of benzene rings is 3. The molecule has 3 aromatic carbocycles. The van der Waals surface area contributed by atoms with Crippen LogP contribution in [0.1, 0.15) is 27.8 Å². The molecular formula is C26H24N8O4S. The molecule has 1 aliphatic rings. The summed E-state index contributed by atoms with van der Waals surface area (Å²) < 4.78 is 36.0. The molecule has 0 bridgehead atoms. The molecule has 2 aromatic heterocycles. The Hall–Kier alpha value is -4.62. The maximum absolute atomic E-state index is 13.6. The van der Waals surface area contributed by atoms with Crippen molar-refractivity contribution in [2.75, 3.05) is 24.5 Å². The number of morpholine rings is 1. The van der Waals surface area contributed by atoms with Gasteiger partial charge >= 0.3 is 0 Å². The SMILES string of the molecule is O=C(c1cccc(NS(=O)(=O)c2ccc3n[nH]nc3c2)c1)N1CCOCC1c1ncn(Cc2ccccc2)n1. The highest BCUT2D eigenvalue weighted by Crippen LogP contribution is 2.26. The molecule has 1 atom stereocenters. The first-order valence-corrected chi connectivity index (χ1v) is 13.7. The minimum absolute atomic E-state index is 0.0334. The molecule has 0 saturated carbocycles. The fourth-order valence-electron chi connectivity index (χ4n) is 4.45. The average Bonchev–Trinajstić information content (AvgIpc) is 3.62. The molecule has 198 valence electrons. The number of carbonyl (C=O) groups excluding carboxylic acids is 1. The summed E-state index contributed by atoms with van der Waals surface area (Å²) in [6, 6.07) is 20.3. The second-order valence-electron chi connectivity index (χ2n) is 9.04. The first-order chi connectivity index (χ1) is 19.0. The number of amides is 1. The minimum Gasteiger partial charge on any atom is -0.377 e. The molecule has 0 radical (unpaired) electrons. The van der Waals surface area contributed by atoms with E-state index in [9.17, 15) is 13.2 Å². The molecule has 39 heavy (non-hydrogen) atoms. The second kappa shape index (κ2) is 10.3. The topological polar surface area (TPSA) is 148 Å². The zero-order valence-corrected chi connectivity index (χ0v) is 21.5. The van der Waals surface area contributed by atoms with Crippen LogP contribution in [0.4, 0.5) is 5.69 Å². The van der Waals surface area contributed by atoms with E-state index in [0.29, 0.717) is 42.1 Å². The number of hydrogen-bond acceptors (Lipinski definition) is 8. The molecule has 3 heterocycles. The van der Waals surface area contributed by atoms with Crippen LogP contribution in [0.3, 0.4) is 0 Å². The zero-order chi connectivity index (χ0) is 26.8. The Labute approximate surface area is 223 Å². The number of H-pyrrole nitrogens is 1. The van der Waals surface area contributed by atoms with E-state index in [2.05, 4.69) is 30.2 Å². The first-order valence-electron chi connectivity index (χ1n) is 12.2. The van der Waals surface area contributed by atoms with Crippen molar-refractivity contribution in [1.29, 1.82) is 0 Å². The van der Waals surface area contributed by atoms with Gasteiger partial charge in [0.2, 0.25) is 0 Å². The number of fused-ring (bicyclic) bond motifs is 1. The molecule has 1 saturated heterocycles. The van der Waals surface area contributed by atoms with E-state index in [0.717, 1.165) is 5.56 Å². The highest BCUT2D eigenvalue weighted by atomic mass is 32.2. The Balaban J connectivity index is 1.21. The van der Waals surface area contributed by atoms with Gasteiger partial charge < -0.3 is 9.64 Å². The van der Waals surface area contributed by atoms with E-state index in [1.54, 1.807) is 40.2 Å². The predicted molar refractivity (Wildman–Crippen MR) is 141 cm³/mol. The molecule has 6 rings (SSSR count). The lowest BCUT2D eigenvalue weighted by Crippen LogP contribution is -2.44. The lowest BCUT2D eigenvalue weighted by molar-refractivity contribution is -0.00524. The molecule has 12 nitrogen and oxygen atoms in total. The van der Waals surface area contributed by atoms with Crippen molar-refractivity contribution < 1.29 is 17.9 Å². The summed E-state index contributed by atoms with van der Waals surface area (Å²) in [7, 11) is -3.93. The fraction of sp³-hybridized carbons (Fsp3) is 0.192. The van der Waals surface area contributed by atoms with Crippen LogP contribution in [0.25, 0.3) is 11.0 Å². The van der Waals surface area contributed by atoms with Gasteiger partial charge in [-0.1, -0.05) is 36.4 Å². The van der Waals surface area contributed by atoms with E-state index in [4.69, 9.17) is 4.74 Å².